The van der Waals surface area contributed by atoms with Crippen LogP contribution in [-0.2, 0) is 4.79 Å². The second kappa shape index (κ2) is 5.03. The Labute approximate surface area is 89.4 Å². The summed E-state index contributed by atoms with van der Waals surface area (Å²) < 4.78 is 0. The van der Waals surface area contributed by atoms with Crippen LogP contribution >= 0.6 is 11.8 Å². The zero-order valence-corrected chi connectivity index (χ0v) is 9.24. The fourth-order valence-electron chi connectivity index (χ4n) is 1.66. The van der Waals surface area contributed by atoms with Gasteiger partial charge in [0, 0.05) is 24.6 Å². The van der Waals surface area contributed by atoms with Crippen molar-refractivity contribution < 1.29 is 4.79 Å². The topological polar surface area (TPSA) is 41.1 Å². The molecule has 3 nitrogen and oxygen atoms in total. The number of thioether (sulfide) groups is 1. The Bertz CT molecular complexity index is 200. The van der Waals surface area contributed by atoms with E-state index < -0.39 is 0 Å². The van der Waals surface area contributed by atoms with E-state index >= 15 is 0 Å². The fourth-order valence-corrected chi connectivity index (χ4v) is 2.60. The smallest absolute Gasteiger partial charge is 0.237 e. The highest BCUT2D eigenvalue weighted by atomic mass is 32.2. The number of rotatable bonds is 4. The number of nitrogens with one attached hydrogen (secondary N) is 2. The largest absolute Gasteiger partial charge is 0.355 e. The highest BCUT2D eigenvalue weighted by Gasteiger charge is 2.23. The highest BCUT2D eigenvalue weighted by molar-refractivity contribution is 7.99. The Balaban J connectivity index is 1.60. The molecule has 1 saturated carbocycles. The lowest BCUT2D eigenvalue weighted by Gasteiger charge is -2.22. The first-order chi connectivity index (χ1) is 6.86. The Hall–Kier alpha value is -0.220. The van der Waals surface area contributed by atoms with E-state index in [1.165, 1.54) is 19.3 Å². The molecule has 1 unspecified atom stereocenters. The van der Waals surface area contributed by atoms with Crippen molar-refractivity contribution >= 4 is 17.7 Å². The van der Waals surface area contributed by atoms with E-state index in [4.69, 9.17) is 0 Å². The number of carbonyl (C=O) groups is 1. The lowest BCUT2D eigenvalue weighted by atomic mass is 10.2. The van der Waals surface area contributed by atoms with Gasteiger partial charge in [-0.2, -0.15) is 11.8 Å². The van der Waals surface area contributed by atoms with E-state index in [1.807, 2.05) is 11.8 Å². The van der Waals surface area contributed by atoms with Crippen molar-refractivity contribution in [2.45, 2.75) is 25.3 Å². The molecule has 2 rings (SSSR count). The monoisotopic (exact) mass is 214 g/mol. The Kier molecular flexibility index (Phi) is 3.70. The van der Waals surface area contributed by atoms with Crippen molar-refractivity contribution in [3.8, 4) is 0 Å². The average Bonchev–Trinajstić information content (AvgIpc) is 3.03. The zero-order chi connectivity index (χ0) is 9.80. The van der Waals surface area contributed by atoms with Gasteiger partial charge in [0.25, 0.3) is 0 Å². The van der Waals surface area contributed by atoms with Crippen LogP contribution in [-0.4, -0.2) is 36.5 Å². The molecular weight excluding hydrogens is 196 g/mol. The normalized spacial score (nSPS) is 27.3. The molecule has 0 bridgehead atoms. The zero-order valence-electron chi connectivity index (χ0n) is 8.42. The Morgan fingerprint density at radius 3 is 3.00 bits per heavy atom. The number of amides is 1. The van der Waals surface area contributed by atoms with Crippen LogP contribution in [0.4, 0.5) is 0 Å². The second-order valence-corrected chi connectivity index (χ2v) is 5.25. The van der Waals surface area contributed by atoms with E-state index in [2.05, 4.69) is 10.6 Å². The van der Waals surface area contributed by atoms with Gasteiger partial charge in [-0.1, -0.05) is 12.8 Å². The molecule has 1 aliphatic heterocycles. The summed E-state index contributed by atoms with van der Waals surface area (Å²) in [4.78, 5) is 11.6. The van der Waals surface area contributed by atoms with E-state index in [9.17, 15) is 4.79 Å². The minimum atomic E-state index is 0.0490. The summed E-state index contributed by atoms with van der Waals surface area (Å²) in [5.41, 5.74) is 0. The molecule has 0 aromatic carbocycles. The summed E-state index contributed by atoms with van der Waals surface area (Å²) in [6, 6.07) is 0.0490. The predicted octanol–water partition coefficient (Wildman–Crippen LogP) is 0.608. The Morgan fingerprint density at radius 2 is 2.36 bits per heavy atom. The van der Waals surface area contributed by atoms with E-state index in [-0.39, 0.29) is 11.9 Å². The molecule has 1 heterocycles. The summed E-state index contributed by atoms with van der Waals surface area (Å²) in [5.74, 6) is 3.16. The van der Waals surface area contributed by atoms with Crippen LogP contribution in [0, 0.1) is 5.92 Å². The third-order valence-corrected chi connectivity index (χ3v) is 3.85. The van der Waals surface area contributed by atoms with Gasteiger partial charge in [0.05, 0.1) is 6.04 Å². The number of carbonyl (C=O) groups excluding carboxylic acids is 1. The van der Waals surface area contributed by atoms with Gasteiger partial charge in [-0.3, -0.25) is 4.79 Å². The molecule has 1 atom stereocenters. The molecule has 1 saturated heterocycles. The summed E-state index contributed by atoms with van der Waals surface area (Å²) in [6.45, 7) is 1.83. The van der Waals surface area contributed by atoms with Crippen molar-refractivity contribution in [3.05, 3.63) is 0 Å². The third-order valence-electron chi connectivity index (χ3n) is 2.79. The van der Waals surface area contributed by atoms with Gasteiger partial charge in [0.1, 0.15) is 0 Å². The van der Waals surface area contributed by atoms with E-state index in [1.54, 1.807) is 0 Å². The first kappa shape index (κ1) is 10.3. The lowest BCUT2D eigenvalue weighted by molar-refractivity contribution is -0.122. The van der Waals surface area contributed by atoms with Gasteiger partial charge >= 0.3 is 0 Å². The summed E-state index contributed by atoms with van der Waals surface area (Å²) >= 11 is 1.86. The molecule has 14 heavy (non-hydrogen) atoms. The van der Waals surface area contributed by atoms with Crippen molar-refractivity contribution in [1.29, 1.82) is 0 Å². The number of hydrogen-bond donors (Lipinski definition) is 2. The molecule has 2 aliphatic rings. The minimum absolute atomic E-state index is 0.0490. The average molecular weight is 214 g/mol. The van der Waals surface area contributed by atoms with E-state index in [0.717, 1.165) is 30.5 Å². The Morgan fingerprint density at radius 1 is 1.50 bits per heavy atom. The summed E-state index contributed by atoms with van der Waals surface area (Å²) in [5, 5.41) is 6.25. The van der Waals surface area contributed by atoms with Gasteiger partial charge in [-0.25, -0.2) is 0 Å². The standard InChI is InChI=1S/C10H18N2OS/c13-10(9-7-14-6-5-11-9)12-4-3-8-1-2-8/h8-9,11H,1-7H2,(H,12,13). The molecule has 0 radical (unpaired) electrons. The van der Waals surface area contributed by atoms with Crippen LogP contribution in [0.1, 0.15) is 19.3 Å². The van der Waals surface area contributed by atoms with Crippen LogP contribution in [0.15, 0.2) is 0 Å². The van der Waals surface area contributed by atoms with Crippen LogP contribution < -0.4 is 10.6 Å². The van der Waals surface area contributed by atoms with Crippen molar-refractivity contribution in [2.75, 3.05) is 24.6 Å². The molecule has 1 aliphatic carbocycles. The summed E-state index contributed by atoms with van der Waals surface area (Å²) in [7, 11) is 0. The van der Waals surface area contributed by atoms with Crippen molar-refractivity contribution in [3.63, 3.8) is 0 Å². The molecule has 0 aromatic rings. The van der Waals surface area contributed by atoms with Crippen molar-refractivity contribution in [1.82, 2.24) is 10.6 Å². The first-order valence-electron chi connectivity index (χ1n) is 5.45. The fraction of sp³-hybridized carbons (Fsp3) is 0.900. The number of hydrogen-bond acceptors (Lipinski definition) is 3. The van der Waals surface area contributed by atoms with Gasteiger partial charge in [-0.05, 0) is 12.3 Å². The minimum Gasteiger partial charge on any atom is -0.355 e. The molecule has 0 spiro atoms. The van der Waals surface area contributed by atoms with Gasteiger partial charge in [0.2, 0.25) is 5.91 Å². The van der Waals surface area contributed by atoms with Crippen LogP contribution in [0.3, 0.4) is 0 Å². The van der Waals surface area contributed by atoms with Gasteiger partial charge in [0.15, 0.2) is 0 Å². The lowest BCUT2D eigenvalue weighted by Crippen LogP contribution is -2.49. The van der Waals surface area contributed by atoms with Gasteiger partial charge in [-0.15, -0.1) is 0 Å². The molecule has 1 amide bonds. The van der Waals surface area contributed by atoms with Crippen LogP contribution in [0.25, 0.3) is 0 Å². The highest BCUT2D eigenvalue weighted by Crippen LogP contribution is 2.31. The van der Waals surface area contributed by atoms with Gasteiger partial charge < -0.3 is 10.6 Å². The van der Waals surface area contributed by atoms with Crippen LogP contribution in [0.5, 0.6) is 0 Å². The third kappa shape index (κ3) is 3.17. The SMILES string of the molecule is O=C(NCCC1CC1)C1CSCCN1. The maximum Gasteiger partial charge on any atom is 0.237 e. The summed E-state index contributed by atoms with van der Waals surface area (Å²) in [6.07, 6.45) is 3.91. The molecule has 4 heteroatoms. The maximum absolute atomic E-state index is 11.6. The maximum atomic E-state index is 11.6. The predicted molar refractivity (Wildman–Crippen MR) is 59.5 cm³/mol. The van der Waals surface area contributed by atoms with Crippen LogP contribution in [0.2, 0.25) is 0 Å². The molecule has 80 valence electrons. The second-order valence-electron chi connectivity index (χ2n) is 4.10. The molecule has 2 fully saturated rings. The van der Waals surface area contributed by atoms with E-state index in [0.29, 0.717) is 0 Å². The first-order valence-corrected chi connectivity index (χ1v) is 6.60. The molecule has 0 aromatic heterocycles. The van der Waals surface area contributed by atoms with Crippen molar-refractivity contribution in [2.24, 2.45) is 5.92 Å². The molecular formula is C10H18N2OS. The molecule has 2 N–H and O–H groups in total. The quantitative estimate of drug-likeness (QED) is 0.720.